The van der Waals surface area contributed by atoms with Gasteiger partial charge in [0.1, 0.15) is 0 Å². The van der Waals surface area contributed by atoms with Crippen LogP contribution in [0.25, 0.3) is 10.9 Å². The van der Waals surface area contributed by atoms with Gasteiger partial charge in [-0.3, -0.25) is 9.59 Å². The highest BCUT2D eigenvalue weighted by Crippen LogP contribution is 2.18. The van der Waals surface area contributed by atoms with Crippen LogP contribution in [0.2, 0.25) is 0 Å². The van der Waals surface area contributed by atoms with Gasteiger partial charge in [0.2, 0.25) is 5.56 Å². The van der Waals surface area contributed by atoms with Crippen molar-refractivity contribution >= 4 is 29.2 Å². The largest absolute Gasteiger partial charge is 0.345 e. The molecule has 4 N–H and O–H groups in total. The Morgan fingerprint density at radius 3 is 2.59 bits per heavy atom. The summed E-state index contributed by atoms with van der Waals surface area (Å²) >= 11 is 0. The Bertz CT molecular complexity index is 727. The summed E-state index contributed by atoms with van der Waals surface area (Å²) in [5.74, 6) is -0.0985. The maximum atomic E-state index is 12.6. The molecule has 22 heavy (non-hydrogen) atoms. The molecule has 0 radical (unpaired) electrons. The van der Waals surface area contributed by atoms with Crippen LogP contribution in [-0.2, 0) is 0 Å². The third kappa shape index (κ3) is 3.48. The number of benzene rings is 1. The summed E-state index contributed by atoms with van der Waals surface area (Å²) < 4.78 is 0. The molecule has 0 saturated heterocycles. The minimum absolute atomic E-state index is 0. The predicted molar refractivity (Wildman–Crippen MR) is 91.6 cm³/mol. The molecule has 0 aliphatic heterocycles. The Hall–Kier alpha value is -1.85. The van der Waals surface area contributed by atoms with E-state index in [0.29, 0.717) is 17.6 Å². The Morgan fingerprint density at radius 2 is 2.00 bits per heavy atom. The van der Waals surface area contributed by atoms with Gasteiger partial charge in [-0.25, -0.2) is 0 Å². The van der Waals surface area contributed by atoms with Gasteiger partial charge in [-0.05, 0) is 18.9 Å². The molecule has 0 bridgehead atoms. The van der Waals surface area contributed by atoms with Gasteiger partial charge in [-0.15, -0.1) is 12.4 Å². The highest BCUT2D eigenvalue weighted by Gasteiger charge is 2.29. The maximum absolute atomic E-state index is 12.6. The van der Waals surface area contributed by atoms with E-state index in [2.05, 4.69) is 10.3 Å². The van der Waals surface area contributed by atoms with Crippen molar-refractivity contribution in [2.45, 2.75) is 26.3 Å². The zero-order valence-corrected chi connectivity index (χ0v) is 13.8. The number of aromatic nitrogens is 1. The SMILES string of the molecule is CC(C)C(C)(CN)NC(=O)c1cc(=O)[nH]c2ccccc12.Cl. The average molecular weight is 324 g/mol. The van der Waals surface area contributed by atoms with Crippen molar-refractivity contribution in [2.24, 2.45) is 11.7 Å². The van der Waals surface area contributed by atoms with Crippen LogP contribution in [0, 0.1) is 5.92 Å². The number of nitrogens with one attached hydrogen (secondary N) is 2. The summed E-state index contributed by atoms with van der Waals surface area (Å²) in [5, 5.41) is 3.68. The van der Waals surface area contributed by atoms with Gasteiger partial charge in [-0.2, -0.15) is 0 Å². The number of pyridine rings is 1. The average Bonchev–Trinajstić information content (AvgIpc) is 2.45. The van der Waals surface area contributed by atoms with E-state index < -0.39 is 5.54 Å². The topological polar surface area (TPSA) is 88.0 Å². The zero-order valence-electron chi connectivity index (χ0n) is 13.0. The Balaban J connectivity index is 0.00000242. The molecule has 6 heteroatoms. The summed E-state index contributed by atoms with van der Waals surface area (Å²) in [7, 11) is 0. The highest BCUT2D eigenvalue weighted by molar-refractivity contribution is 6.06. The summed E-state index contributed by atoms with van der Waals surface area (Å²) in [4.78, 5) is 27.0. The molecule has 1 atom stereocenters. The number of hydrogen-bond acceptors (Lipinski definition) is 3. The maximum Gasteiger partial charge on any atom is 0.252 e. The summed E-state index contributed by atoms with van der Waals surface area (Å²) in [6.45, 7) is 6.24. The van der Waals surface area contributed by atoms with Gasteiger partial charge >= 0.3 is 0 Å². The summed E-state index contributed by atoms with van der Waals surface area (Å²) in [5.41, 5.74) is 6.00. The van der Waals surface area contributed by atoms with E-state index in [1.807, 2.05) is 39.0 Å². The van der Waals surface area contributed by atoms with Crippen LogP contribution in [0.1, 0.15) is 31.1 Å². The smallest absolute Gasteiger partial charge is 0.252 e. The molecule has 1 unspecified atom stereocenters. The quantitative estimate of drug-likeness (QED) is 0.804. The normalized spacial score (nSPS) is 13.5. The number of carbonyl (C=O) groups is 1. The number of H-pyrrole nitrogens is 1. The molecule has 0 aliphatic rings. The van der Waals surface area contributed by atoms with Gasteiger partial charge < -0.3 is 16.0 Å². The number of para-hydroxylation sites is 1. The van der Waals surface area contributed by atoms with Crippen LogP contribution in [0.5, 0.6) is 0 Å². The van der Waals surface area contributed by atoms with Crippen molar-refractivity contribution in [3.8, 4) is 0 Å². The fourth-order valence-corrected chi connectivity index (χ4v) is 2.15. The first-order chi connectivity index (χ1) is 9.87. The Kier molecular flexibility index (Phi) is 5.74. The second-order valence-corrected chi connectivity index (χ2v) is 5.82. The van der Waals surface area contributed by atoms with E-state index in [4.69, 9.17) is 5.73 Å². The molecule has 1 aromatic heterocycles. The third-order valence-corrected chi connectivity index (χ3v) is 4.09. The van der Waals surface area contributed by atoms with E-state index in [1.165, 1.54) is 6.07 Å². The predicted octanol–water partition coefficient (Wildman–Crippen LogP) is 2.05. The van der Waals surface area contributed by atoms with Gasteiger partial charge in [-0.1, -0.05) is 32.0 Å². The second-order valence-electron chi connectivity index (χ2n) is 5.82. The number of amides is 1. The van der Waals surface area contributed by atoms with Crippen LogP contribution in [0.4, 0.5) is 0 Å². The summed E-state index contributed by atoms with van der Waals surface area (Å²) in [6.07, 6.45) is 0. The number of fused-ring (bicyclic) bond motifs is 1. The van der Waals surface area contributed by atoms with Gasteiger partial charge in [0.15, 0.2) is 0 Å². The van der Waals surface area contributed by atoms with Crippen molar-refractivity contribution in [3.63, 3.8) is 0 Å². The van der Waals surface area contributed by atoms with Crippen LogP contribution < -0.4 is 16.6 Å². The second kappa shape index (κ2) is 6.94. The molecule has 1 aromatic carbocycles. The summed E-state index contributed by atoms with van der Waals surface area (Å²) in [6, 6.07) is 8.57. The molecule has 5 nitrogen and oxygen atoms in total. The van der Waals surface area contributed by atoms with Crippen molar-refractivity contribution in [1.29, 1.82) is 0 Å². The van der Waals surface area contributed by atoms with E-state index in [-0.39, 0.29) is 29.8 Å². The first kappa shape index (κ1) is 18.2. The third-order valence-electron chi connectivity index (χ3n) is 4.09. The fourth-order valence-electron chi connectivity index (χ4n) is 2.15. The van der Waals surface area contributed by atoms with Crippen LogP contribution in [0.15, 0.2) is 35.1 Å². The number of hydrogen-bond donors (Lipinski definition) is 3. The van der Waals surface area contributed by atoms with Crippen LogP contribution in [-0.4, -0.2) is 23.0 Å². The molecule has 0 fully saturated rings. The minimum Gasteiger partial charge on any atom is -0.345 e. The lowest BCUT2D eigenvalue weighted by Crippen LogP contribution is -2.55. The van der Waals surface area contributed by atoms with E-state index in [1.54, 1.807) is 6.07 Å². The standard InChI is InChI=1S/C16H21N3O2.ClH/c1-10(2)16(3,9-17)19-15(21)12-8-14(20)18-13-7-5-4-6-11(12)13;/h4-8,10H,9,17H2,1-3H3,(H,18,20)(H,19,21);1H. The number of nitrogens with two attached hydrogens (primary N) is 1. The molecule has 1 amide bonds. The number of carbonyl (C=O) groups excluding carboxylic acids is 1. The minimum atomic E-state index is -0.513. The molecule has 0 aliphatic carbocycles. The van der Waals surface area contributed by atoms with Gasteiger partial charge in [0, 0.05) is 23.5 Å². The van der Waals surface area contributed by atoms with Gasteiger partial charge in [0.05, 0.1) is 11.1 Å². The lowest BCUT2D eigenvalue weighted by molar-refractivity contribution is 0.0885. The van der Waals surface area contributed by atoms with E-state index >= 15 is 0 Å². The number of halogens is 1. The van der Waals surface area contributed by atoms with Crippen molar-refractivity contribution in [1.82, 2.24) is 10.3 Å². The molecule has 2 aromatic rings. The number of aromatic amines is 1. The molecule has 1 heterocycles. The molecular formula is C16H22ClN3O2. The lowest BCUT2D eigenvalue weighted by Gasteiger charge is -2.33. The highest BCUT2D eigenvalue weighted by atomic mass is 35.5. The fraction of sp³-hybridized carbons (Fsp3) is 0.375. The van der Waals surface area contributed by atoms with E-state index in [9.17, 15) is 9.59 Å². The monoisotopic (exact) mass is 323 g/mol. The molecule has 120 valence electrons. The number of rotatable bonds is 4. The molecular weight excluding hydrogens is 302 g/mol. The van der Waals surface area contributed by atoms with Crippen LogP contribution >= 0.6 is 12.4 Å². The first-order valence-electron chi connectivity index (χ1n) is 7.02. The van der Waals surface area contributed by atoms with Crippen molar-refractivity contribution in [2.75, 3.05) is 6.54 Å². The molecule has 0 spiro atoms. The van der Waals surface area contributed by atoms with Crippen molar-refractivity contribution < 1.29 is 4.79 Å². The molecule has 0 saturated carbocycles. The Morgan fingerprint density at radius 1 is 1.36 bits per heavy atom. The van der Waals surface area contributed by atoms with Crippen LogP contribution in [0.3, 0.4) is 0 Å². The first-order valence-corrected chi connectivity index (χ1v) is 7.02. The zero-order chi connectivity index (χ0) is 15.6. The lowest BCUT2D eigenvalue weighted by atomic mass is 9.88. The van der Waals surface area contributed by atoms with Crippen molar-refractivity contribution in [3.05, 3.63) is 46.2 Å². The Labute approximate surface area is 135 Å². The van der Waals surface area contributed by atoms with E-state index in [0.717, 1.165) is 5.39 Å². The van der Waals surface area contributed by atoms with Gasteiger partial charge in [0.25, 0.3) is 5.91 Å². The molecule has 2 rings (SSSR count).